The number of phosphoric ester groups is 1. The van der Waals surface area contributed by atoms with Crippen LogP contribution in [0, 0.1) is 0 Å². The first kappa shape index (κ1) is 23.9. The molecule has 14 heteroatoms. The molecule has 0 amide bonds. The molecule has 166 valence electrons. The van der Waals surface area contributed by atoms with Crippen LogP contribution in [0.3, 0.4) is 0 Å². The van der Waals surface area contributed by atoms with Crippen molar-refractivity contribution in [2.75, 3.05) is 13.7 Å². The Hall–Kier alpha value is -0.770. The molecule has 0 aliphatic carbocycles. The number of benzene rings is 2. The third-order valence-electron chi connectivity index (χ3n) is 4.39. The van der Waals surface area contributed by atoms with Gasteiger partial charge in [-0.2, -0.15) is 0 Å². The Morgan fingerprint density at radius 2 is 1.87 bits per heavy atom. The summed E-state index contributed by atoms with van der Waals surface area (Å²) in [5, 5.41) is 12.2. The number of aliphatic hydroxyl groups excluding tert-OH is 1. The first-order chi connectivity index (χ1) is 14.2. The van der Waals surface area contributed by atoms with Crippen LogP contribution >= 0.6 is 25.0 Å². The second-order valence-corrected chi connectivity index (χ2v) is 9.81. The van der Waals surface area contributed by atoms with Gasteiger partial charge >= 0.3 is 25.0 Å². The van der Waals surface area contributed by atoms with Gasteiger partial charge in [0.2, 0.25) is 0 Å². The van der Waals surface area contributed by atoms with Crippen molar-refractivity contribution in [1.29, 1.82) is 0 Å². The van der Waals surface area contributed by atoms with E-state index in [1.807, 2.05) is 36.4 Å². The highest BCUT2D eigenvalue weighted by Gasteiger charge is 2.39. The molecule has 0 saturated carbocycles. The van der Waals surface area contributed by atoms with Crippen molar-refractivity contribution < 1.29 is 51.9 Å². The van der Waals surface area contributed by atoms with Crippen LogP contribution in [0.2, 0.25) is 0 Å². The molecule has 0 aromatic heterocycles. The van der Waals surface area contributed by atoms with Crippen LogP contribution in [0.25, 0.3) is 10.8 Å². The van der Waals surface area contributed by atoms with E-state index in [0.29, 0.717) is 11.3 Å². The molecule has 1 aliphatic rings. The largest absolute Gasteiger partial charge is 0.496 e. The van der Waals surface area contributed by atoms with Crippen molar-refractivity contribution >= 4 is 35.8 Å². The monoisotopic (exact) mass is 482 g/mol. The number of hydrogen-bond acceptors (Lipinski definition) is 10. The Bertz CT molecular complexity index is 911. The van der Waals surface area contributed by atoms with Gasteiger partial charge in [-0.15, -0.1) is 0 Å². The fraction of sp³-hybridized carbons (Fsp3) is 0.375. The molecular weight excluding hydrogens is 461 g/mol. The van der Waals surface area contributed by atoms with Gasteiger partial charge in [0, 0.05) is 12.0 Å². The van der Waals surface area contributed by atoms with Crippen LogP contribution < -0.4 is 4.74 Å². The average Bonchev–Trinajstić information content (AvgIpc) is 3.04. The molecule has 3 unspecified atom stereocenters. The van der Waals surface area contributed by atoms with Gasteiger partial charge in [-0.1, -0.05) is 24.3 Å². The molecule has 3 rings (SSSR count). The lowest BCUT2D eigenvalue weighted by molar-refractivity contribution is -0.0222. The van der Waals surface area contributed by atoms with Crippen molar-refractivity contribution in [3.63, 3.8) is 0 Å². The zero-order valence-corrected chi connectivity index (χ0v) is 18.3. The zero-order chi connectivity index (χ0) is 21.9. The van der Waals surface area contributed by atoms with Crippen molar-refractivity contribution in [3.05, 3.63) is 42.0 Å². The summed E-state index contributed by atoms with van der Waals surface area (Å²) in [6.45, 7) is -0.516. The van der Waals surface area contributed by atoms with Gasteiger partial charge in [-0.25, -0.2) is 13.2 Å². The van der Waals surface area contributed by atoms with Gasteiger partial charge in [0.25, 0.3) is 0 Å². The lowest BCUT2D eigenvalue weighted by Crippen LogP contribution is -2.25. The summed E-state index contributed by atoms with van der Waals surface area (Å²) in [4.78, 5) is 36.0. The van der Waals surface area contributed by atoms with E-state index in [4.69, 9.17) is 23.8 Å². The van der Waals surface area contributed by atoms with Crippen molar-refractivity contribution in [2.45, 2.75) is 24.7 Å². The minimum absolute atomic E-state index is 0.203. The summed E-state index contributed by atoms with van der Waals surface area (Å²) in [7, 11) is -9.29. The number of hydrogen-bond donors (Lipinski definition) is 5. The van der Waals surface area contributed by atoms with Crippen molar-refractivity contribution in [3.8, 4) is 5.75 Å². The Morgan fingerprint density at radius 3 is 2.50 bits per heavy atom. The summed E-state index contributed by atoms with van der Waals surface area (Å²) >= 11 is 0. The van der Waals surface area contributed by atoms with E-state index in [1.54, 1.807) is 0 Å². The van der Waals surface area contributed by atoms with Crippen molar-refractivity contribution in [2.24, 2.45) is 0 Å². The molecule has 11 nitrogen and oxygen atoms in total. The second-order valence-electron chi connectivity index (χ2n) is 6.33. The zero-order valence-electron chi connectivity index (χ0n) is 15.6. The Kier molecular flexibility index (Phi) is 8.15. The molecule has 30 heavy (non-hydrogen) atoms. The van der Waals surface area contributed by atoms with E-state index < -0.39 is 49.9 Å². The molecule has 5 atom stereocenters. The number of phosphoric acid groups is 1. The van der Waals surface area contributed by atoms with Crippen LogP contribution in [0.5, 0.6) is 5.75 Å². The van der Waals surface area contributed by atoms with Crippen LogP contribution in [0.4, 0.5) is 0 Å². The number of methoxy groups -OCH3 is 1. The fourth-order valence-corrected chi connectivity index (χ4v) is 5.22. The van der Waals surface area contributed by atoms with Gasteiger partial charge in [-0.05, 0) is 22.9 Å². The number of rotatable bonds is 9. The van der Waals surface area contributed by atoms with E-state index >= 15 is 0 Å². The highest BCUT2D eigenvalue weighted by Crippen LogP contribution is 2.59. The van der Waals surface area contributed by atoms with Crippen LogP contribution in [-0.4, -0.2) is 50.6 Å². The van der Waals surface area contributed by atoms with E-state index in [1.165, 1.54) is 7.11 Å². The number of ether oxygens (including phenoxy) is 2. The third-order valence-corrected chi connectivity index (χ3v) is 7.39. The fourth-order valence-electron chi connectivity index (χ4n) is 3.10. The summed E-state index contributed by atoms with van der Waals surface area (Å²) in [6, 6.07) is 11.4. The van der Waals surface area contributed by atoms with E-state index in [0.717, 1.165) is 10.8 Å². The normalized spacial score (nSPS) is 24.8. The molecule has 2 aromatic rings. The smallest absolute Gasteiger partial charge is 0.479 e. The molecular formula is C16H21O11P3. The quantitative estimate of drug-likeness (QED) is 0.334. The number of aliphatic hydroxyl groups is 1. The lowest BCUT2D eigenvalue weighted by Gasteiger charge is -2.19. The Morgan fingerprint density at radius 1 is 1.20 bits per heavy atom. The lowest BCUT2D eigenvalue weighted by atomic mass is 9.99. The molecule has 0 radical (unpaired) electrons. The Labute approximate surface area is 174 Å². The molecule has 1 aliphatic heterocycles. The maximum Gasteiger partial charge on any atom is 0.479 e. The third kappa shape index (κ3) is 6.14. The first-order valence-electron chi connectivity index (χ1n) is 8.60. The summed E-state index contributed by atoms with van der Waals surface area (Å²) in [5.74, 6) is 0.580. The number of fused-ring (bicyclic) bond motifs is 1. The predicted molar refractivity (Wildman–Crippen MR) is 107 cm³/mol. The predicted octanol–water partition coefficient (Wildman–Crippen LogP) is 2.62. The molecule has 0 spiro atoms. The van der Waals surface area contributed by atoms with Crippen molar-refractivity contribution in [1.82, 2.24) is 0 Å². The van der Waals surface area contributed by atoms with E-state index in [9.17, 15) is 19.5 Å². The minimum Gasteiger partial charge on any atom is -0.496 e. The standard InChI is InChI=1S/C16H21O11P3/c1-23-14-7-11-5-3-2-4-10(11)6-12(14)15-8-13(17)16(25-15)9-24-30(21,22)27-29(20)26-28(18)19/h2-7,13,15-20H,8-9H2,1H3,(H,21,22)/t13-,15-,16?,29?/m1/s1. The van der Waals surface area contributed by atoms with Crippen LogP contribution in [0.15, 0.2) is 36.4 Å². The minimum atomic E-state index is -4.80. The topological polar surface area (TPSA) is 164 Å². The van der Waals surface area contributed by atoms with Gasteiger partial charge in [0.15, 0.2) is 0 Å². The Balaban J connectivity index is 1.66. The van der Waals surface area contributed by atoms with E-state index in [-0.39, 0.29) is 6.42 Å². The van der Waals surface area contributed by atoms with Gasteiger partial charge in [0.1, 0.15) is 11.9 Å². The van der Waals surface area contributed by atoms with Gasteiger partial charge in [-0.3, -0.25) is 4.52 Å². The maximum atomic E-state index is 11.8. The summed E-state index contributed by atoms with van der Waals surface area (Å²) in [6.07, 6.45) is -2.29. The SMILES string of the molecule is COc1cc2ccccc2cc1[C@H]1C[C@@H](O)C(COP(=O)(O)OP(O)OP(O)O)O1. The highest BCUT2D eigenvalue weighted by molar-refractivity contribution is 7.62. The summed E-state index contributed by atoms with van der Waals surface area (Å²) in [5.41, 5.74) is 0.715. The molecule has 2 aromatic carbocycles. The maximum absolute atomic E-state index is 11.8. The van der Waals surface area contributed by atoms with Crippen LogP contribution in [0.1, 0.15) is 18.1 Å². The van der Waals surface area contributed by atoms with Gasteiger partial charge < -0.3 is 34.2 Å². The molecule has 1 heterocycles. The van der Waals surface area contributed by atoms with E-state index in [2.05, 4.69) is 8.62 Å². The summed E-state index contributed by atoms with van der Waals surface area (Å²) < 4.78 is 36.2. The first-order valence-corrected chi connectivity index (χ1v) is 12.4. The van der Waals surface area contributed by atoms with Gasteiger partial charge in [0.05, 0.1) is 25.9 Å². The molecule has 1 saturated heterocycles. The average molecular weight is 482 g/mol. The molecule has 5 N–H and O–H groups in total. The highest BCUT2D eigenvalue weighted by atomic mass is 31.3. The molecule has 0 bridgehead atoms. The second kappa shape index (κ2) is 10.2. The molecule has 1 fully saturated rings. The van der Waals surface area contributed by atoms with Crippen LogP contribution in [-0.2, 0) is 22.4 Å².